The Balaban J connectivity index is 1.89. The Bertz CT molecular complexity index is 961. The van der Waals surface area contributed by atoms with Crippen LogP contribution in [-0.2, 0) is 12.7 Å². The van der Waals surface area contributed by atoms with Gasteiger partial charge in [-0.15, -0.1) is 0 Å². The highest BCUT2D eigenvalue weighted by molar-refractivity contribution is 5.96. The molecule has 30 heavy (non-hydrogen) atoms. The zero-order valence-corrected chi connectivity index (χ0v) is 16.6. The van der Waals surface area contributed by atoms with Crippen molar-refractivity contribution >= 4 is 5.91 Å². The Morgan fingerprint density at radius 3 is 2.37 bits per heavy atom. The third kappa shape index (κ3) is 5.18. The summed E-state index contributed by atoms with van der Waals surface area (Å²) in [5, 5.41) is 3.03. The van der Waals surface area contributed by atoms with E-state index in [1.165, 1.54) is 18.2 Å². The Morgan fingerprint density at radius 1 is 1.07 bits per heavy atom. The lowest BCUT2D eigenvalue weighted by molar-refractivity contribution is -0.138. The van der Waals surface area contributed by atoms with Crippen LogP contribution in [0, 0.1) is 0 Å². The van der Waals surface area contributed by atoms with E-state index >= 15 is 0 Å². The van der Waals surface area contributed by atoms with Crippen LogP contribution in [0.5, 0.6) is 0 Å². The minimum Gasteiger partial charge on any atom is -0.301 e. The highest BCUT2D eigenvalue weighted by atomic mass is 19.4. The van der Waals surface area contributed by atoms with Crippen LogP contribution in [0.25, 0.3) is 21.6 Å². The highest BCUT2D eigenvalue weighted by Gasteiger charge is 2.34. The molecule has 158 valence electrons. The Morgan fingerprint density at radius 2 is 1.73 bits per heavy atom. The van der Waals surface area contributed by atoms with Crippen LogP contribution in [-0.4, -0.2) is 48.4 Å². The molecule has 2 aromatic carbocycles. The van der Waals surface area contributed by atoms with Crippen molar-refractivity contribution in [3.05, 3.63) is 69.6 Å². The summed E-state index contributed by atoms with van der Waals surface area (Å²) in [6.45, 7) is 6.42. The summed E-state index contributed by atoms with van der Waals surface area (Å²) < 4.78 is 41.4. The summed E-state index contributed by atoms with van der Waals surface area (Å²) in [5.41, 5.74) is 8.88. The van der Waals surface area contributed by atoms with Gasteiger partial charge >= 0.3 is 6.18 Å². The number of benzene rings is 2. The van der Waals surface area contributed by atoms with Crippen molar-refractivity contribution in [2.45, 2.75) is 19.6 Å². The summed E-state index contributed by atoms with van der Waals surface area (Å²) in [6.07, 6.45) is -4.49. The maximum atomic E-state index is 13.8. The van der Waals surface area contributed by atoms with E-state index in [4.69, 9.17) is 5.53 Å². The molecule has 0 saturated carbocycles. The number of nitrogens with zero attached hydrogens (tertiary/aromatic N) is 5. The summed E-state index contributed by atoms with van der Waals surface area (Å²) in [6, 6.07) is 10.3. The first-order chi connectivity index (χ1) is 14.3. The van der Waals surface area contributed by atoms with Gasteiger partial charge in [-0.3, -0.25) is 9.69 Å². The molecule has 1 heterocycles. The lowest BCUT2D eigenvalue weighted by Gasteiger charge is -2.34. The number of rotatable bonds is 5. The second-order valence-electron chi connectivity index (χ2n) is 7.16. The first-order valence-electron chi connectivity index (χ1n) is 9.66. The van der Waals surface area contributed by atoms with Crippen molar-refractivity contribution in [2.24, 2.45) is 5.11 Å². The molecule has 1 saturated heterocycles. The first-order valence-corrected chi connectivity index (χ1v) is 9.66. The lowest BCUT2D eigenvalue weighted by Crippen LogP contribution is -2.45. The fraction of sp³-hybridized carbons (Fsp3) is 0.381. The van der Waals surface area contributed by atoms with E-state index in [0.717, 1.165) is 38.8 Å². The fourth-order valence-corrected chi connectivity index (χ4v) is 3.59. The maximum absolute atomic E-state index is 13.8. The van der Waals surface area contributed by atoms with E-state index in [2.05, 4.69) is 21.8 Å². The second-order valence-corrected chi connectivity index (χ2v) is 7.16. The van der Waals surface area contributed by atoms with Gasteiger partial charge < -0.3 is 4.90 Å². The summed E-state index contributed by atoms with van der Waals surface area (Å²) in [5.74, 6) is -0.779. The molecule has 0 bridgehead atoms. The van der Waals surface area contributed by atoms with E-state index in [-0.39, 0.29) is 17.7 Å². The third-order valence-corrected chi connectivity index (χ3v) is 5.30. The largest absolute Gasteiger partial charge is 0.416 e. The molecule has 0 atom stereocenters. The summed E-state index contributed by atoms with van der Waals surface area (Å²) >= 11 is 0. The van der Waals surface area contributed by atoms with Crippen molar-refractivity contribution in [3.63, 3.8) is 0 Å². The maximum Gasteiger partial charge on any atom is 0.416 e. The molecule has 1 fully saturated rings. The van der Waals surface area contributed by atoms with E-state index in [1.807, 2.05) is 4.90 Å². The predicted octanol–water partition coefficient (Wildman–Crippen LogP) is 4.96. The number of carbonyl (C=O) groups is 1. The number of likely N-dealkylation sites (N-methyl/N-ethyl adjacent to an activating group) is 1. The minimum absolute atomic E-state index is 0.122. The average Bonchev–Trinajstić information content (AvgIpc) is 2.74. The van der Waals surface area contributed by atoms with Crippen LogP contribution in [0.15, 0.2) is 47.6 Å². The van der Waals surface area contributed by atoms with Gasteiger partial charge in [0, 0.05) is 43.2 Å². The van der Waals surface area contributed by atoms with Crippen LogP contribution >= 0.6 is 0 Å². The molecule has 0 unspecified atom stereocenters. The molecule has 1 amide bonds. The first kappa shape index (κ1) is 21.8. The monoisotopic (exact) mass is 417 g/mol. The van der Waals surface area contributed by atoms with Gasteiger partial charge in [-0.05, 0) is 46.0 Å². The highest BCUT2D eigenvalue weighted by Crippen LogP contribution is 2.36. The van der Waals surface area contributed by atoms with Crippen molar-refractivity contribution in [1.82, 2.24) is 9.80 Å². The Kier molecular flexibility index (Phi) is 6.77. The topological polar surface area (TPSA) is 72.3 Å². The number of amides is 1. The number of halogens is 3. The van der Waals surface area contributed by atoms with Gasteiger partial charge in [0.05, 0.1) is 5.56 Å². The SMILES string of the molecule is CCN1CCN(Cc2ccc(-c3cccc(C(=O)N=[N+]=[N-])c3)cc2C(F)(F)F)CC1. The zero-order chi connectivity index (χ0) is 21.7. The molecular weight excluding hydrogens is 395 g/mol. The molecular formula is C21H22F3N5O. The van der Waals surface area contributed by atoms with Gasteiger partial charge in [0.2, 0.25) is 5.91 Å². The standard InChI is InChI=1S/C21H22F3N5O/c1-2-28-8-10-29(11-9-28)14-18-7-6-16(13-19(18)21(22,23)24)15-4-3-5-17(12-15)20(30)26-27-25/h3-7,12-13H,2,8-11,14H2,1H3. The van der Waals surface area contributed by atoms with Crippen molar-refractivity contribution in [3.8, 4) is 11.1 Å². The molecule has 0 N–H and O–H groups in total. The molecule has 0 aliphatic carbocycles. The Hall–Kier alpha value is -2.87. The van der Waals surface area contributed by atoms with Crippen LogP contribution in [0.4, 0.5) is 13.2 Å². The van der Waals surface area contributed by atoms with E-state index in [0.29, 0.717) is 11.1 Å². The minimum atomic E-state index is -4.49. The molecule has 0 radical (unpaired) electrons. The molecule has 0 aromatic heterocycles. The summed E-state index contributed by atoms with van der Waals surface area (Å²) in [4.78, 5) is 18.5. The van der Waals surface area contributed by atoms with Gasteiger partial charge in [0.15, 0.2) is 0 Å². The molecule has 3 rings (SSSR count). The number of carbonyl (C=O) groups excluding carboxylic acids is 1. The van der Waals surface area contributed by atoms with E-state index in [1.54, 1.807) is 18.2 Å². The van der Waals surface area contributed by atoms with Gasteiger partial charge in [0.1, 0.15) is 0 Å². The summed E-state index contributed by atoms with van der Waals surface area (Å²) in [7, 11) is 0. The van der Waals surface area contributed by atoms with Gasteiger partial charge in [-0.1, -0.05) is 37.3 Å². The van der Waals surface area contributed by atoms with Gasteiger partial charge in [-0.25, -0.2) is 0 Å². The second kappa shape index (κ2) is 9.30. The van der Waals surface area contributed by atoms with E-state index < -0.39 is 17.6 Å². The Labute approximate surface area is 172 Å². The molecule has 9 heteroatoms. The van der Waals surface area contributed by atoms with E-state index in [9.17, 15) is 18.0 Å². The van der Waals surface area contributed by atoms with Crippen molar-refractivity contribution < 1.29 is 18.0 Å². The van der Waals surface area contributed by atoms with Gasteiger partial charge in [-0.2, -0.15) is 13.2 Å². The molecule has 1 aliphatic rings. The normalized spacial score (nSPS) is 15.6. The number of alkyl halides is 3. The number of piperazine rings is 1. The average molecular weight is 417 g/mol. The van der Waals surface area contributed by atoms with Crippen LogP contribution in [0.3, 0.4) is 0 Å². The molecule has 0 spiro atoms. The number of azide groups is 1. The molecule has 6 nitrogen and oxygen atoms in total. The van der Waals surface area contributed by atoms with Crippen LogP contribution < -0.4 is 0 Å². The van der Waals surface area contributed by atoms with Crippen molar-refractivity contribution in [1.29, 1.82) is 0 Å². The third-order valence-electron chi connectivity index (χ3n) is 5.30. The van der Waals surface area contributed by atoms with Crippen LogP contribution in [0.2, 0.25) is 0 Å². The fourth-order valence-electron chi connectivity index (χ4n) is 3.59. The number of hydrogen-bond donors (Lipinski definition) is 0. The van der Waals surface area contributed by atoms with Gasteiger partial charge in [0.25, 0.3) is 0 Å². The quantitative estimate of drug-likeness (QED) is 0.392. The zero-order valence-electron chi connectivity index (χ0n) is 16.6. The van der Waals surface area contributed by atoms with Crippen LogP contribution in [0.1, 0.15) is 28.4 Å². The smallest absolute Gasteiger partial charge is 0.301 e. The predicted molar refractivity (Wildman–Crippen MR) is 108 cm³/mol. The number of hydrogen-bond acceptors (Lipinski definition) is 3. The van der Waals surface area contributed by atoms with Crippen molar-refractivity contribution in [2.75, 3.05) is 32.7 Å². The molecule has 2 aromatic rings. The lowest BCUT2D eigenvalue weighted by atomic mass is 9.97. The molecule has 1 aliphatic heterocycles.